The Labute approximate surface area is 221 Å². The highest BCUT2D eigenvalue weighted by Crippen LogP contribution is 2.32. The Morgan fingerprint density at radius 3 is 2.37 bits per heavy atom. The maximum Gasteiger partial charge on any atom is 0.276 e. The summed E-state index contributed by atoms with van der Waals surface area (Å²) in [4.78, 5) is 25.4. The lowest BCUT2D eigenvalue weighted by Crippen LogP contribution is -2.31. The number of rotatable bonds is 9. The highest BCUT2D eigenvalue weighted by molar-refractivity contribution is 7.92. The maximum absolute atomic E-state index is 13.5. The van der Waals surface area contributed by atoms with Gasteiger partial charge in [0.15, 0.2) is 0 Å². The topological polar surface area (TPSA) is 131 Å². The molecule has 3 aromatic rings. The number of para-hydroxylation sites is 1. The average Bonchev–Trinajstić information content (AvgIpc) is 2.92. The molecule has 38 heavy (non-hydrogen) atoms. The van der Waals surface area contributed by atoms with Crippen molar-refractivity contribution in [3.8, 4) is 5.75 Å². The van der Waals surface area contributed by atoms with Gasteiger partial charge in [0.05, 0.1) is 23.3 Å². The van der Waals surface area contributed by atoms with Crippen LogP contribution in [0.4, 0.5) is 22.7 Å². The zero-order chi connectivity index (χ0) is 27.1. The van der Waals surface area contributed by atoms with Gasteiger partial charge in [-0.25, -0.2) is 8.42 Å². The van der Waals surface area contributed by atoms with E-state index in [9.17, 15) is 23.3 Å². The second-order valence-corrected chi connectivity index (χ2v) is 10.4. The van der Waals surface area contributed by atoms with E-state index >= 15 is 0 Å². The molecule has 11 heteroatoms. The molecule has 0 radical (unpaired) electrons. The molecule has 0 spiro atoms. The summed E-state index contributed by atoms with van der Waals surface area (Å²) < 4.78 is 34.8. The van der Waals surface area contributed by atoms with E-state index in [0.29, 0.717) is 17.1 Å². The van der Waals surface area contributed by atoms with E-state index < -0.39 is 20.9 Å². The van der Waals surface area contributed by atoms with Crippen molar-refractivity contribution in [2.24, 2.45) is 0 Å². The lowest BCUT2D eigenvalue weighted by atomic mass is 10.1. The van der Waals surface area contributed by atoms with Crippen LogP contribution in [-0.4, -0.2) is 39.4 Å². The number of methoxy groups -OCH3 is 1. The number of benzene rings is 3. The molecule has 4 rings (SSSR count). The van der Waals surface area contributed by atoms with Crippen molar-refractivity contribution in [2.45, 2.75) is 24.2 Å². The lowest BCUT2D eigenvalue weighted by Gasteiger charge is -2.30. The molecule has 2 N–H and O–H groups in total. The van der Waals surface area contributed by atoms with Gasteiger partial charge in [0.25, 0.3) is 15.7 Å². The third-order valence-corrected chi connectivity index (χ3v) is 7.51. The van der Waals surface area contributed by atoms with E-state index in [4.69, 9.17) is 4.74 Å². The molecule has 1 aliphatic heterocycles. The second kappa shape index (κ2) is 11.8. The Kier molecular flexibility index (Phi) is 8.27. The fraction of sp³-hybridized carbons (Fsp3) is 0.222. The SMILES string of the molecule is COc1ccc(NS(=O)(=O)c2cc(NC(=O)/C=C/c3ccccc3[N+](=O)[O-])ccc2N2CCCCC2)cc1. The Morgan fingerprint density at radius 1 is 1.00 bits per heavy atom. The average molecular weight is 537 g/mol. The van der Waals surface area contributed by atoms with E-state index in [2.05, 4.69) is 10.0 Å². The Bertz CT molecular complexity index is 1450. The molecule has 0 saturated carbocycles. The maximum atomic E-state index is 13.5. The minimum Gasteiger partial charge on any atom is -0.497 e. The fourth-order valence-corrected chi connectivity index (χ4v) is 5.53. The van der Waals surface area contributed by atoms with E-state index in [1.54, 1.807) is 48.5 Å². The predicted molar refractivity (Wildman–Crippen MR) is 147 cm³/mol. The van der Waals surface area contributed by atoms with Crippen LogP contribution < -0.4 is 19.7 Å². The number of carbonyl (C=O) groups excluding carboxylic acids is 1. The summed E-state index contributed by atoms with van der Waals surface area (Å²) in [6, 6.07) is 17.3. The Balaban J connectivity index is 1.61. The molecule has 0 atom stereocenters. The number of hydrogen-bond acceptors (Lipinski definition) is 7. The zero-order valence-electron chi connectivity index (χ0n) is 20.8. The first-order valence-electron chi connectivity index (χ1n) is 12.1. The van der Waals surface area contributed by atoms with Gasteiger partial charge in [-0.05, 0) is 73.9 Å². The number of nitrogens with zero attached hydrogens (tertiary/aromatic N) is 2. The van der Waals surface area contributed by atoms with Gasteiger partial charge in [0, 0.05) is 36.6 Å². The molecule has 0 aliphatic carbocycles. The smallest absolute Gasteiger partial charge is 0.276 e. The summed E-state index contributed by atoms with van der Waals surface area (Å²) in [5.41, 5.74) is 1.36. The minimum atomic E-state index is -4.02. The van der Waals surface area contributed by atoms with Crippen molar-refractivity contribution in [1.82, 2.24) is 0 Å². The van der Waals surface area contributed by atoms with Gasteiger partial charge in [-0.2, -0.15) is 0 Å². The van der Waals surface area contributed by atoms with E-state index in [1.807, 2.05) is 4.90 Å². The summed E-state index contributed by atoms with van der Waals surface area (Å²) >= 11 is 0. The van der Waals surface area contributed by atoms with Crippen LogP contribution in [0.15, 0.2) is 77.7 Å². The number of hydrogen-bond donors (Lipinski definition) is 2. The van der Waals surface area contributed by atoms with Crippen LogP contribution >= 0.6 is 0 Å². The minimum absolute atomic E-state index is 0.0377. The van der Waals surface area contributed by atoms with Crippen LogP contribution in [0.3, 0.4) is 0 Å². The monoisotopic (exact) mass is 536 g/mol. The quantitative estimate of drug-likeness (QED) is 0.222. The molecule has 1 aliphatic rings. The first-order chi connectivity index (χ1) is 18.3. The van der Waals surface area contributed by atoms with Crippen LogP contribution in [0, 0.1) is 10.1 Å². The van der Waals surface area contributed by atoms with Crippen LogP contribution in [0.25, 0.3) is 6.08 Å². The second-order valence-electron chi connectivity index (χ2n) is 8.70. The number of nitrogens with one attached hydrogen (secondary N) is 2. The summed E-state index contributed by atoms with van der Waals surface area (Å²) in [6.45, 7) is 1.46. The van der Waals surface area contributed by atoms with Crippen molar-refractivity contribution in [1.29, 1.82) is 0 Å². The molecular weight excluding hydrogens is 508 g/mol. The molecule has 0 bridgehead atoms. The van der Waals surface area contributed by atoms with Crippen LogP contribution in [0.1, 0.15) is 24.8 Å². The molecule has 3 aromatic carbocycles. The van der Waals surface area contributed by atoms with Gasteiger partial charge >= 0.3 is 0 Å². The number of nitro groups is 1. The fourth-order valence-electron chi connectivity index (χ4n) is 4.22. The van der Waals surface area contributed by atoms with Gasteiger partial charge in [0.1, 0.15) is 10.6 Å². The molecule has 0 aromatic heterocycles. The number of piperidine rings is 1. The highest BCUT2D eigenvalue weighted by Gasteiger charge is 2.24. The molecule has 198 valence electrons. The van der Waals surface area contributed by atoms with Crippen LogP contribution in [0.2, 0.25) is 0 Å². The summed E-state index contributed by atoms with van der Waals surface area (Å²) in [5, 5.41) is 13.9. The molecule has 10 nitrogen and oxygen atoms in total. The number of anilines is 3. The van der Waals surface area contributed by atoms with Gasteiger partial charge in [-0.1, -0.05) is 12.1 Å². The Hall–Kier alpha value is -4.38. The molecule has 1 heterocycles. The lowest BCUT2D eigenvalue weighted by molar-refractivity contribution is -0.385. The van der Waals surface area contributed by atoms with Crippen molar-refractivity contribution >= 4 is 44.8 Å². The summed E-state index contributed by atoms with van der Waals surface area (Å²) in [7, 11) is -2.49. The van der Waals surface area contributed by atoms with Gasteiger partial charge in [0.2, 0.25) is 5.91 Å². The van der Waals surface area contributed by atoms with Gasteiger partial charge in [-0.15, -0.1) is 0 Å². The largest absolute Gasteiger partial charge is 0.497 e. The number of nitro benzene ring substituents is 1. The summed E-state index contributed by atoms with van der Waals surface area (Å²) in [6.07, 6.45) is 5.52. The normalized spacial score (nSPS) is 13.8. The van der Waals surface area contributed by atoms with E-state index in [0.717, 1.165) is 32.4 Å². The Morgan fingerprint density at radius 2 is 1.68 bits per heavy atom. The third-order valence-electron chi connectivity index (χ3n) is 6.10. The van der Waals surface area contributed by atoms with Crippen LogP contribution in [0.5, 0.6) is 5.75 Å². The zero-order valence-corrected chi connectivity index (χ0v) is 21.6. The molecule has 1 fully saturated rings. The summed E-state index contributed by atoms with van der Waals surface area (Å²) in [5.74, 6) is 0.0425. The number of sulfonamides is 1. The van der Waals surface area contributed by atoms with Crippen molar-refractivity contribution in [2.75, 3.05) is 35.1 Å². The standard InChI is InChI=1S/C27H28N4O6S/c1-37-23-13-10-21(11-14-23)29-38(35,36)26-19-22(12-15-25(26)30-17-5-2-6-18-30)28-27(32)16-9-20-7-3-4-8-24(20)31(33)34/h3-4,7-16,19,29H,2,5-6,17-18H2,1H3,(H,28,32)/b16-9+. The van der Waals surface area contributed by atoms with Crippen molar-refractivity contribution < 1.29 is 22.9 Å². The highest BCUT2D eigenvalue weighted by atomic mass is 32.2. The number of carbonyl (C=O) groups is 1. The van der Waals surface area contributed by atoms with Crippen molar-refractivity contribution in [3.05, 3.63) is 88.5 Å². The van der Waals surface area contributed by atoms with Crippen molar-refractivity contribution in [3.63, 3.8) is 0 Å². The molecule has 1 saturated heterocycles. The predicted octanol–water partition coefficient (Wildman–Crippen LogP) is 5.05. The van der Waals surface area contributed by atoms with Gasteiger partial charge in [-0.3, -0.25) is 19.6 Å². The van der Waals surface area contributed by atoms with Gasteiger partial charge < -0.3 is 15.0 Å². The number of ether oxygens (including phenoxy) is 1. The van der Waals surface area contributed by atoms with E-state index in [-0.39, 0.29) is 21.8 Å². The van der Waals surface area contributed by atoms with E-state index in [1.165, 1.54) is 37.5 Å². The van der Waals surface area contributed by atoms with Crippen LogP contribution in [-0.2, 0) is 14.8 Å². The molecule has 1 amide bonds. The third kappa shape index (κ3) is 6.48. The molecular formula is C27H28N4O6S. The first kappa shape index (κ1) is 26.7. The first-order valence-corrected chi connectivity index (χ1v) is 13.5. The number of amides is 1. The molecule has 0 unspecified atom stereocenters.